The molecule has 0 aromatic carbocycles. The molecule has 0 aromatic rings. The molecule has 2 aliphatic rings. The number of amides is 1. The van der Waals surface area contributed by atoms with Gasteiger partial charge in [-0.05, 0) is 12.3 Å². The number of piperidine rings is 1. The zero-order chi connectivity index (χ0) is 11.5. The van der Waals surface area contributed by atoms with Crippen molar-refractivity contribution in [2.24, 2.45) is 11.8 Å². The van der Waals surface area contributed by atoms with Gasteiger partial charge in [0, 0.05) is 37.8 Å². The molecular weight excluding hydrogens is 210 g/mol. The summed E-state index contributed by atoms with van der Waals surface area (Å²) in [4.78, 5) is 23.6. The van der Waals surface area contributed by atoms with Crippen molar-refractivity contribution in [1.29, 1.82) is 0 Å². The number of carbonyl (C=O) groups excluding carboxylic acids is 1. The molecule has 1 amide bonds. The molecule has 5 heteroatoms. The number of carboxylic acid groups (broad SMARTS) is 1. The maximum Gasteiger partial charge on any atom is 0.328 e. The first kappa shape index (κ1) is 11.1. The Hall–Kier alpha value is -1.36. The van der Waals surface area contributed by atoms with Crippen LogP contribution in [-0.2, 0) is 14.3 Å². The zero-order valence-corrected chi connectivity index (χ0v) is 8.96. The van der Waals surface area contributed by atoms with E-state index in [0.29, 0.717) is 24.9 Å². The van der Waals surface area contributed by atoms with Gasteiger partial charge >= 0.3 is 5.97 Å². The van der Waals surface area contributed by atoms with Crippen molar-refractivity contribution in [3.8, 4) is 0 Å². The topological polar surface area (TPSA) is 66.8 Å². The highest BCUT2D eigenvalue weighted by atomic mass is 16.5. The van der Waals surface area contributed by atoms with Crippen LogP contribution in [-0.4, -0.2) is 48.2 Å². The fourth-order valence-corrected chi connectivity index (χ4v) is 2.31. The molecule has 0 spiro atoms. The number of aliphatic carboxylic acids is 1. The molecule has 1 N–H and O–H groups in total. The Kier molecular flexibility index (Phi) is 3.24. The second kappa shape index (κ2) is 4.65. The van der Waals surface area contributed by atoms with E-state index in [1.165, 1.54) is 0 Å². The quantitative estimate of drug-likeness (QED) is 0.678. The van der Waals surface area contributed by atoms with Crippen molar-refractivity contribution < 1.29 is 19.4 Å². The molecule has 2 rings (SSSR count). The standard InChI is InChI=1S/C11H15NO4/c13-10(1-2-11(14)15)12-4-3-8-6-16-7-9(8)5-12/h1-2,8-9H,3-7H2,(H,14,15)/b2-1+. The van der Waals surface area contributed by atoms with Gasteiger partial charge in [0.15, 0.2) is 0 Å². The Morgan fingerprint density at radius 2 is 2.00 bits per heavy atom. The smallest absolute Gasteiger partial charge is 0.328 e. The first-order valence-electron chi connectivity index (χ1n) is 5.44. The van der Waals surface area contributed by atoms with Crippen molar-refractivity contribution in [1.82, 2.24) is 4.90 Å². The van der Waals surface area contributed by atoms with E-state index in [1.54, 1.807) is 4.90 Å². The number of hydrogen-bond donors (Lipinski definition) is 1. The number of fused-ring (bicyclic) bond motifs is 1. The summed E-state index contributed by atoms with van der Waals surface area (Å²) in [6.07, 6.45) is 2.97. The first-order valence-corrected chi connectivity index (χ1v) is 5.44. The van der Waals surface area contributed by atoms with Gasteiger partial charge in [-0.15, -0.1) is 0 Å². The predicted molar refractivity (Wildman–Crippen MR) is 55.8 cm³/mol. The van der Waals surface area contributed by atoms with E-state index in [0.717, 1.165) is 31.8 Å². The third kappa shape index (κ3) is 2.41. The molecule has 0 aliphatic carbocycles. The maximum absolute atomic E-state index is 11.6. The number of likely N-dealkylation sites (tertiary alicyclic amines) is 1. The van der Waals surface area contributed by atoms with E-state index in [-0.39, 0.29) is 5.91 Å². The molecular formula is C11H15NO4. The number of carboxylic acids is 1. The summed E-state index contributed by atoms with van der Waals surface area (Å²) in [6, 6.07) is 0. The largest absolute Gasteiger partial charge is 0.478 e. The lowest BCUT2D eigenvalue weighted by molar-refractivity contribution is -0.132. The number of carbonyl (C=O) groups is 2. The van der Waals surface area contributed by atoms with Crippen molar-refractivity contribution in [3.05, 3.63) is 12.2 Å². The summed E-state index contributed by atoms with van der Waals surface area (Å²) >= 11 is 0. The molecule has 2 heterocycles. The number of nitrogens with zero attached hydrogens (tertiary/aromatic N) is 1. The van der Waals surface area contributed by atoms with Gasteiger partial charge in [0.05, 0.1) is 6.61 Å². The maximum atomic E-state index is 11.6. The Balaban J connectivity index is 1.91. The van der Waals surface area contributed by atoms with Crippen molar-refractivity contribution >= 4 is 11.9 Å². The summed E-state index contributed by atoms with van der Waals surface area (Å²) in [7, 11) is 0. The van der Waals surface area contributed by atoms with Gasteiger partial charge in [0.1, 0.15) is 0 Å². The van der Waals surface area contributed by atoms with Crippen LogP contribution in [0.15, 0.2) is 12.2 Å². The second-order valence-electron chi connectivity index (χ2n) is 4.30. The Labute approximate surface area is 93.7 Å². The molecule has 2 fully saturated rings. The minimum atomic E-state index is -1.09. The van der Waals surface area contributed by atoms with Gasteiger partial charge in [-0.2, -0.15) is 0 Å². The van der Waals surface area contributed by atoms with Crippen molar-refractivity contribution in [2.75, 3.05) is 26.3 Å². The van der Waals surface area contributed by atoms with Gasteiger partial charge in [-0.25, -0.2) is 4.79 Å². The minimum absolute atomic E-state index is 0.215. The second-order valence-corrected chi connectivity index (χ2v) is 4.30. The predicted octanol–water partition coefficient (Wildman–Crippen LogP) is 0.122. The highest BCUT2D eigenvalue weighted by Gasteiger charge is 2.34. The monoisotopic (exact) mass is 225 g/mol. The van der Waals surface area contributed by atoms with Crippen LogP contribution >= 0.6 is 0 Å². The summed E-state index contributed by atoms with van der Waals surface area (Å²) in [5.74, 6) is -0.302. The van der Waals surface area contributed by atoms with Gasteiger partial charge in [-0.3, -0.25) is 4.79 Å². The molecule has 5 nitrogen and oxygen atoms in total. The molecule has 2 unspecified atom stereocenters. The van der Waals surface area contributed by atoms with Gasteiger partial charge in [-0.1, -0.05) is 0 Å². The fourth-order valence-electron chi connectivity index (χ4n) is 2.31. The fraction of sp³-hybridized carbons (Fsp3) is 0.636. The Morgan fingerprint density at radius 3 is 2.75 bits per heavy atom. The highest BCUT2D eigenvalue weighted by Crippen LogP contribution is 2.29. The summed E-state index contributed by atoms with van der Waals surface area (Å²) in [5, 5.41) is 8.43. The van der Waals surface area contributed by atoms with E-state index in [4.69, 9.17) is 9.84 Å². The van der Waals surface area contributed by atoms with E-state index in [2.05, 4.69) is 0 Å². The van der Waals surface area contributed by atoms with E-state index in [1.807, 2.05) is 0 Å². The third-order valence-corrected chi connectivity index (χ3v) is 3.24. The zero-order valence-electron chi connectivity index (χ0n) is 8.96. The SMILES string of the molecule is O=C(O)/C=C/C(=O)N1CCC2COCC2C1. The van der Waals surface area contributed by atoms with E-state index < -0.39 is 5.97 Å². The lowest BCUT2D eigenvalue weighted by atomic mass is 9.89. The third-order valence-electron chi connectivity index (χ3n) is 3.24. The molecule has 88 valence electrons. The molecule has 0 aromatic heterocycles. The van der Waals surface area contributed by atoms with Crippen LogP contribution in [0.3, 0.4) is 0 Å². The average Bonchev–Trinajstić information content (AvgIpc) is 2.72. The van der Waals surface area contributed by atoms with E-state index >= 15 is 0 Å². The number of hydrogen-bond acceptors (Lipinski definition) is 3. The van der Waals surface area contributed by atoms with Gasteiger partial charge < -0.3 is 14.7 Å². The Morgan fingerprint density at radius 1 is 1.25 bits per heavy atom. The summed E-state index contributed by atoms with van der Waals surface area (Å²) in [6.45, 7) is 2.91. The highest BCUT2D eigenvalue weighted by molar-refractivity contribution is 5.93. The molecule has 0 bridgehead atoms. The van der Waals surface area contributed by atoms with Gasteiger partial charge in [0.25, 0.3) is 0 Å². The van der Waals surface area contributed by atoms with E-state index in [9.17, 15) is 9.59 Å². The first-order chi connectivity index (χ1) is 7.66. The summed E-state index contributed by atoms with van der Waals surface area (Å²) in [5.41, 5.74) is 0. The van der Waals surface area contributed by atoms with Crippen LogP contribution in [0.25, 0.3) is 0 Å². The van der Waals surface area contributed by atoms with Crippen LogP contribution in [0.4, 0.5) is 0 Å². The molecule has 2 saturated heterocycles. The molecule has 16 heavy (non-hydrogen) atoms. The normalized spacial score (nSPS) is 29.4. The lowest BCUT2D eigenvalue weighted by Gasteiger charge is -2.33. The minimum Gasteiger partial charge on any atom is -0.478 e. The van der Waals surface area contributed by atoms with Crippen LogP contribution in [0.2, 0.25) is 0 Å². The molecule has 0 radical (unpaired) electrons. The molecule has 0 saturated carbocycles. The number of ether oxygens (including phenoxy) is 1. The van der Waals surface area contributed by atoms with Crippen LogP contribution in [0.5, 0.6) is 0 Å². The lowest BCUT2D eigenvalue weighted by Crippen LogP contribution is -2.42. The van der Waals surface area contributed by atoms with Crippen LogP contribution < -0.4 is 0 Å². The molecule has 2 atom stereocenters. The molecule has 2 aliphatic heterocycles. The average molecular weight is 225 g/mol. The Bertz CT molecular complexity index is 326. The van der Waals surface area contributed by atoms with Crippen molar-refractivity contribution in [2.45, 2.75) is 6.42 Å². The van der Waals surface area contributed by atoms with Gasteiger partial charge in [0.2, 0.25) is 5.91 Å². The summed E-state index contributed by atoms with van der Waals surface area (Å²) < 4.78 is 5.37. The van der Waals surface area contributed by atoms with Crippen LogP contribution in [0.1, 0.15) is 6.42 Å². The number of rotatable bonds is 2. The van der Waals surface area contributed by atoms with Crippen molar-refractivity contribution in [3.63, 3.8) is 0 Å². The van der Waals surface area contributed by atoms with Crippen LogP contribution in [0, 0.1) is 11.8 Å².